The summed E-state index contributed by atoms with van der Waals surface area (Å²) in [5.41, 5.74) is 0. The van der Waals surface area contributed by atoms with Crippen molar-refractivity contribution in [2.45, 2.75) is 57.7 Å². The van der Waals surface area contributed by atoms with E-state index in [9.17, 15) is 9.59 Å². The van der Waals surface area contributed by atoms with Gasteiger partial charge in [-0.25, -0.2) is 9.59 Å². The number of carbonyl (C=O) groups is 2. The first kappa shape index (κ1) is 19.8. The van der Waals surface area contributed by atoms with E-state index in [-0.39, 0.29) is 0 Å². The molecule has 1 aromatic carbocycles. The molecule has 0 radical (unpaired) electrons. The zero-order chi connectivity index (χ0) is 18.8. The Labute approximate surface area is 154 Å². The van der Waals surface area contributed by atoms with Crippen molar-refractivity contribution in [2.75, 3.05) is 7.11 Å². The molecule has 26 heavy (non-hydrogen) atoms. The number of rotatable bonds is 10. The van der Waals surface area contributed by atoms with E-state index in [1.54, 1.807) is 31.4 Å². The Morgan fingerprint density at radius 1 is 1.08 bits per heavy atom. The Morgan fingerprint density at radius 2 is 1.77 bits per heavy atom. The number of hydrogen-bond donors (Lipinski definition) is 0. The highest BCUT2D eigenvalue weighted by atomic mass is 16.8. The molecule has 0 spiro atoms. The van der Waals surface area contributed by atoms with Gasteiger partial charge in [0.25, 0.3) is 0 Å². The molecular formula is C20H26O6. The van der Waals surface area contributed by atoms with Crippen molar-refractivity contribution >= 4 is 12.1 Å². The van der Waals surface area contributed by atoms with Crippen LogP contribution in [0.5, 0.6) is 11.5 Å². The molecule has 1 heterocycles. The van der Waals surface area contributed by atoms with E-state index in [4.69, 9.17) is 18.9 Å². The SMILES string of the molecule is CCCCC/C=C/CC[C@H]1OC(=O)O[C@H]1C(=O)Oc1ccc(OC)cc1. The van der Waals surface area contributed by atoms with Crippen LogP contribution in [0.2, 0.25) is 0 Å². The lowest BCUT2D eigenvalue weighted by molar-refractivity contribution is -0.143. The number of unbranched alkanes of at least 4 members (excludes halogenated alkanes) is 3. The average Bonchev–Trinajstić information content (AvgIpc) is 3.02. The topological polar surface area (TPSA) is 71.1 Å². The molecule has 1 aromatic rings. The van der Waals surface area contributed by atoms with Crippen molar-refractivity contribution in [2.24, 2.45) is 0 Å². The van der Waals surface area contributed by atoms with Crippen LogP contribution in [0.25, 0.3) is 0 Å². The second-order valence-corrected chi connectivity index (χ2v) is 6.09. The maximum atomic E-state index is 12.3. The van der Waals surface area contributed by atoms with Crippen LogP contribution in [0.15, 0.2) is 36.4 Å². The second-order valence-electron chi connectivity index (χ2n) is 6.09. The van der Waals surface area contributed by atoms with Gasteiger partial charge in [0.1, 0.15) is 11.5 Å². The minimum absolute atomic E-state index is 0.355. The van der Waals surface area contributed by atoms with E-state index in [0.717, 1.165) is 6.42 Å². The molecule has 0 saturated carbocycles. The monoisotopic (exact) mass is 362 g/mol. The summed E-state index contributed by atoms with van der Waals surface area (Å²) in [6, 6.07) is 6.59. The third kappa shape index (κ3) is 6.10. The Bertz CT molecular complexity index is 607. The highest BCUT2D eigenvalue weighted by molar-refractivity contribution is 5.82. The minimum Gasteiger partial charge on any atom is -0.497 e. The molecule has 0 bridgehead atoms. The molecule has 0 aromatic heterocycles. The Kier molecular flexibility index (Phi) is 7.99. The van der Waals surface area contributed by atoms with Gasteiger partial charge in [-0.1, -0.05) is 31.9 Å². The fraction of sp³-hybridized carbons (Fsp3) is 0.500. The molecule has 0 aliphatic carbocycles. The molecule has 0 N–H and O–H groups in total. The third-order valence-electron chi connectivity index (χ3n) is 4.08. The predicted octanol–water partition coefficient (Wildman–Crippen LogP) is 4.42. The molecule has 1 saturated heterocycles. The third-order valence-corrected chi connectivity index (χ3v) is 4.08. The number of ether oxygens (including phenoxy) is 4. The van der Waals surface area contributed by atoms with Gasteiger partial charge in [0.15, 0.2) is 6.10 Å². The molecule has 142 valence electrons. The number of carbonyl (C=O) groups excluding carboxylic acids is 2. The van der Waals surface area contributed by atoms with E-state index < -0.39 is 24.3 Å². The van der Waals surface area contributed by atoms with Gasteiger partial charge in [0.05, 0.1) is 7.11 Å². The summed E-state index contributed by atoms with van der Waals surface area (Å²) in [5.74, 6) is 0.371. The first-order chi connectivity index (χ1) is 12.6. The van der Waals surface area contributed by atoms with E-state index in [0.29, 0.717) is 24.3 Å². The molecular weight excluding hydrogens is 336 g/mol. The summed E-state index contributed by atoms with van der Waals surface area (Å²) < 4.78 is 20.4. The molecule has 2 rings (SSSR count). The van der Waals surface area contributed by atoms with Gasteiger partial charge in [-0.3, -0.25) is 0 Å². The molecule has 1 aliphatic rings. The van der Waals surface area contributed by atoms with E-state index >= 15 is 0 Å². The molecule has 1 fully saturated rings. The molecule has 2 atom stereocenters. The van der Waals surface area contributed by atoms with Crippen LogP contribution in [-0.4, -0.2) is 31.4 Å². The van der Waals surface area contributed by atoms with Crippen molar-refractivity contribution in [1.82, 2.24) is 0 Å². The van der Waals surface area contributed by atoms with Crippen LogP contribution >= 0.6 is 0 Å². The fourth-order valence-corrected chi connectivity index (χ4v) is 2.63. The number of benzene rings is 1. The maximum absolute atomic E-state index is 12.3. The highest BCUT2D eigenvalue weighted by Crippen LogP contribution is 2.23. The van der Waals surface area contributed by atoms with Gasteiger partial charge in [-0.15, -0.1) is 0 Å². The smallest absolute Gasteiger partial charge is 0.497 e. The largest absolute Gasteiger partial charge is 0.509 e. The number of allylic oxidation sites excluding steroid dienone is 2. The van der Waals surface area contributed by atoms with Crippen LogP contribution in [0, 0.1) is 0 Å². The van der Waals surface area contributed by atoms with Gasteiger partial charge < -0.3 is 18.9 Å². The predicted molar refractivity (Wildman–Crippen MR) is 96.3 cm³/mol. The number of cyclic esters (lactones) is 2. The normalized spacial score (nSPS) is 19.2. The zero-order valence-corrected chi connectivity index (χ0v) is 15.3. The molecule has 6 heteroatoms. The lowest BCUT2D eigenvalue weighted by Gasteiger charge is -2.13. The molecule has 0 unspecified atom stereocenters. The fourth-order valence-electron chi connectivity index (χ4n) is 2.63. The van der Waals surface area contributed by atoms with E-state index in [1.165, 1.54) is 19.3 Å². The lowest BCUT2D eigenvalue weighted by Crippen LogP contribution is -2.34. The standard InChI is InChI=1S/C20H26O6/c1-3-4-5-6-7-8-9-10-17-18(26-20(22)25-17)19(21)24-16-13-11-15(23-2)12-14-16/h7-8,11-14,17-18H,3-6,9-10H2,1-2H3/b8-7+/t17-,18-/m1/s1. The van der Waals surface area contributed by atoms with E-state index in [1.807, 2.05) is 6.08 Å². The summed E-state index contributed by atoms with van der Waals surface area (Å²) in [6.07, 6.45) is 7.51. The van der Waals surface area contributed by atoms with Gasteiger partial charge >= 0.3 is 12.1 Å². The van der Waals surface area contributed by atoms with Crippen molar-refractivity contribution in [3.8, 4) is 11.5 Å². The van der Waals surface area contributed by atoms with Crippen LogP contribution in [0.1, 0.15) is 45.4 Å². The van der Waals surface area contributed by atoms with Crippen LogP contribution in [-0.2, 0) is 14.3 Å². The van der Waals surface area contributed by atoms with Crippen molar-refractivity contribution in [3.05, 3.63) is 36.4 Å². The van der Waals surface area contributed by atoms with Crippen molar-refractivity contribution < 1.29 is 28.5 Å². The first-order valence-electron chi connectivity index (χ1n) is 9.02. The summed E-state index contributed by atoms with van der Waals surface area (Å²) in [6.45, 7) is 2.17. The lowest BCUT2D eigenvalue weighted by atomic mass is 10.1. The second kappa shape index (κ2) is 10.5. The van der Waals surface area contributed by atoms with E-state index in [2.05, 4.69) is 13.0 Å². The maximum Gasteiger partial charge on any atom is 0.509 e. The Balaban J connectivity index is 1.83. The summed E-state index contributed by atoms with van der Waals surface area (Å²) >= 11 is 0. The summed E-state index contributed by atoms with van der Waals surface area (Å²) in [7, 11) is 1.55. The highest BCUT2D eigenvalue weighted by Gasteiger charge is 2.42. The quantitative estimate of drug-likeness (QED) is 0.265. The Hall–Kier alpha value is -2.50. The Morgan fingerprint density at radius 3 is 2.46 bits per heavy atom. The zero-order valence-electron chi connectivity index (χ0n) is 15.3. The van der Waals surface area contributed by atoms with Gasteiger partial charge in [-0.05, 0) is 49.9 Å². The first-order valence-corrected chi connectivity index (χ1v) is 9.02. The minimum atomic E-state index is -1.04. The molecule has 6 nitrogen and oxygen atoms in total. The van der Waals surface area contributed by atoms with Gasteiger partial charge in [0, 0.05) is 0 Å². The van der Waals surface area contributed by atoms with Crippen LogP contribution < -0.4 is 9.47 Å². The molecule has 1 aliphatic heterocycles. The number of hydrogen-bond acceptors (Lipinski definition) is 6. The number of methoxy groups -OCH3 is 1. The van der Waals surface area contributed by atoms with Crippen LogP contribution in [0.3, 0.4) is 0 Å². The average molecular weight is 362 g/mol. The molecule has 0 amide bonds. The van der Waals surface area contributed by atoms with Gasteiger partial charge in [0.2, 0.25) is 6.10 Å². The summed E-state index contributed by atoms with van der Waals surface area (Å²) in [5, 5.41) is 0. The van der Waals surface area contributed by atoms with Crippen molar-refractivity contribution in [3.63, 3.8) is 0 Å². The summed E-state index contributed by atoms with van der Waals surface area (Å²) in [4.78, 5) is 23.7. The van der Waals surface area contributed by atoms with Crippen molar-refractivity contribution in [1.29, 1.82) is 0 Å². The van der Waals surface area contributed by atoms with Gasteiger partial charge in [-0.2, -0.15) is 0 Å². The number of esters is 1. The van der Waals surface area contributed by atoms with Crippen LogP contribution in [0.4, 0.5) is 4.79 Å².